The Morgan fingerprint density at radius 2 is 1.86 bits per heavy atom. The van der Waals surface area contributed by atoms with Crippen molar-refractivity contribution >= 4 is 5.69 Å². The number of halogens is 4. The highest BCUT2D eigenvalue weighted by molar-refractivity contribution is 5.55. The highest BCUT2D eigenvalue weighted by Crippen LogP contribution is 2.37. The average Bonchev–Trinajstić information content (AvgIpc) is 2.45. The second-order valence-corrected chi connectivity index (χ2v) is 5.52. The minimum absolute atomic E-state index is 0.0592. The number of anilines is 1. The quantitative estimate of drug-likeness (QED) is 0.852. The molecule has 0 amide bonds. The van der Waals surface area contributed by atoms with Gasteiger partial charge in [0.05, 0.1) is 5.92 Å². The van der Waals surface area contributed by atoms with E-state index in [9.17, 15) is 17.6 Å². The van der Waals surface area contributed by atoms with Gasteiger partial charge in [-0.15, -0.1) is 0 Å². The van der Waals surface area contributed by atoms with Crippen LogP contribution in [0.3, 0.4) is 0 Å². The molecule has 1 atom stereocenters. The normalized spacial score (nSPS) is 18.9. The fraction of sp³-hybridized carbons (Fsp3) is 0.600. The Bertz CT molecular complexity index is 479. The molecule has 21 heavy (non-hydrogen) atoms. The summed E-state index contributed by atoms with van der Waals surface area (Å²) in [5, 5.41) is 3.05. The molecule has 0 aromatic heterocycles. The highest BCUT2D eigenvalue weighted by Gasteiger charge is 2.41. The van der Waals surface area contributed by atoms with Crippen LogP contribution in [-0.2, 0) is 0 Å². The summed E-state index contributed by atoms with van der Waals surface area (Å²) >= 11 is 0. The standard InChI is InChI=1S/C15H20F4N2/c1-10(20-2)13-9-12(16)3-4-14(13)21-7-5-11(6-8-21)15(17,18)19/h3-4,9-11,20H,5-8H2,1-2H3. The molecule has 0 radical (unpaired) electrons. The third-order valence-electron chi connectivity index (χ3n) is 4.19. The van der Waals surface area contributed by atoms with Crippen LogP contribution in [0.4, 0.5) is 23.2 Å². The molecule has 1 heterocycles. The number of alkyl halides is 3. The van der Waals surface area contributed by atoms with Gasteiger partial charge in [-0.2, -0.15) is 13.2 Å². The molecule has 2 nitrogen and oxygen atoms in total. The molecule has 0 saturated carbocycles. The third kappa shape index (κ3) is 3.67. The van der Waals surface area contributed by atoms with Gasteiger partial charge in [0.15, 0.2) is 0 Å². The number of rotatable bonds is 3. The van der Waals surface area contributed by atoms with Crippen LogP contribution in [0.2, 0.25) is 0 Å². The highest BCUT2D eigenvalue weighted by atomic mass is 19.4. The first-order chi connectivity index (χ1) is 9.82. The summed E-state index contributed by atoms with van der Waals surface area (Å²) in [5.41, 5.74) is 1.60. The first-order valence-electron chi connectivity index (χ1n) is 7.11. The van der Waals surface area contributed by atoms with Crippen molar-refractivity contribution in [3.8, 4) is 0 Å². The maximum Gasteiger partial charge on any atom is 0.391 e. The maximum absolute atomic E-state index is 13.4. The van der Waals surface area contributed by atoms with E-state index in [0.29, 0.717) is 13.1 Å². The monoisotopic (exact) mass is 304 g/mol. The number of benzene rings is 1. The Morgan fingerprint density at radius 3 is 2.38 bits per heavy atom. The molecule has 1 saturated heterocycles. The molecule has 6 heteroatoms. The Morgan fingerprint density at radius 1 is 1.24 bits per heavy atom. The van der Waals surface area contributed by atoms with Crippen molar-refractivity contribution < 1.29 is 17.6 Å². The summed E-state index contributed by atoms with van der Waals surface area (Å²) in [6, 6.07) is 4.41. The van der Waals surface area contributed by atoms with E-state index in [4.69, 9.17) is 0 Å². The van der Waals surface area contributed by atoms with Crippen LogP contribution in [-0.4, -0.2) is 26.3 Å². The third-order valence-corrected chi connectivity index (χ3v) is 4.19. The van der Waals surface area contributed by atoms with Crippen molar-refractivity contribution in [3.05, 3.63) is 29.6 Å². The zero-order chi connectivity index (χ0) is 15.6. The van der Waals surface area contributed by atoms with Gasteiger partial charge in [-0.25, -0.2) is 4.39 Å². The van der Waals surface area contributed by atoms with Gasteiger partial charge in [0.1, 0.15) is 5.82 Å². The van der Waals surface area contributed by atoms with Gasteiger partial charge in [0.2, 0.25) is 0 Å². The summed E-state index contributed by atoms with van der Waals surface area (Å²) in [5.74, 6) is -1.56. The van der Waals surface area contributed by atoms with Crippen LogP contribution in [0.1, 0.15) is 31.4 Å². The second kappa shape index (κ2) is 6.22. The molecule has 1 aliphatic rings. The van der Waals surface area contributed by atoms with Gasteiger partial charge in [0, 0.05) is 24.8 Å². The summed E-state index contributed by atoms with van der Waals surface area (Å²) in [6.07, 6.45) is -3.93. The summed E-state index contributed by atoms with van der Waals surface area (Å²) < 4.78 is 51.6. The SMILES string of the molecule is CNC(C)c1cc(F)ccc1N1CCC(C(F)(F)F)CC1. The fourth-order valence-corrected chi connectivity index (χ4v) is 2.76. The van der Waals surface area contributed by atoms with Crippen LogP contribution >= 0.6 is 0 Å². The zero-order valence-corrected chi connectivity index (χ0v) is 12.2. The molecule has 1 aromatic carbocycles. The van der Waals surface area contributed by atoms with Gasteiger partial charge in [-0.3, -0.25) is 0 Å². The number of hydrogen-bond acceptors (Lipinski definition) is 2. The summed E-state index contributed by atoms with van der Waals surface area (Å²) in [7, 11) is 1.77. The number of nitrogens with one attached hydrogen (secondary N) is 1. The molecular weight excluding hydrogens is 284 g/mol. The zero-order valence-electron chi connectivity index (χ0n) is 12.2. The Balaban J connectivity index is 2.17. The van der Waals surface area contributed by atoms with Gasteiger partial charge in [0.25, 0.3) is 0 Å². The van der Waals surface area contributed by atoms with Crippen LogP contribution in [0, 0.1) is 11.7 Å². The first kappa shape index (κ1) is 16.1. The predicted molar refractivity (Wildman–Crippen MR) is 74.9 cm³/mol. The molecule has 1 fully saturated rings. The minimum Gasteiger partial charge on any atom is -0.371 e. The van der Waals surface area contributed by atoms with Gasteiger partial charge >= 0.3 is 6.18 Å². The van der Waals surface area contributed by atoms with Crippen molar-refractivity contribution in [2.75, 3.05) is 25.0 Å². The summed E-state index contributed by atoms with van der Waals surface area (Å²) in [6.45, 7) is 2.60. The molecule has 0 spiro atoms. The van der Waals surface area contributed by atoms with Crippen molar-refractivity contribution in [1.29, 1.82) is 0 Å². The molecular formula is C15H20F4N2. The van der Waals surface area contributed by atoms with E-state index in [2.05, 4.69) is 5.32 Å². The lowest BCUT2D eigenvalue weighted by Gasteiger charge is -2.36. The van der Waals surface area contributed by atoms with E-state index >= 15 is 0 Å². The predicted octanol–water partition coefficient (Wildman–Crippen LogP) is 3.88. The van der Waals surface area contributed by atoms with Crippen LogP contribution in [0.25, 0.3) is 0 Å². The molecule has 0 bridgehead atoms. The van der Waals surface area contributed by atoms with Gasteiger partial charge in [-0.05, 0) is 50.6 Å². The van der Waals surface area contributed by atoms with E-state index in [1.165, 1.54) is 12.1 Å². The Hall–Kier alpha value is -1.30. The fourth-order valence-electron chi connectivity index (χ4n) is 2.76. The largest absolute Gasteiger partial charge is 0.391 e. The molecule has 1 unspecified atom stereocenters. The van der Waals surface area contributed by atoms with Crippen molar-refractivity contribution in [3.63, 3.8) is 0 Å². The van der Waals surface area contributed by atoms with Gasteiger partial charge < -0.3 is 10.2 Å². The molecule has 2 rings (SSSR count). The van der Waals surface area contributed by atoms with E-state index in [1.807, 2.05) is 11.8 Å². The summed E-state index contributed by atoms with van der Waals surface area (Å²) in [4.78, 5) is 1.92. The lowest BCUT2D eigenvalue weighted by molar-refractivity contribution is -0.179. The minimum atomic E-state index is -4.12. The van der Waals surface area contributed by atoms with E-state index in [0.717, 1.165) is 11.3 Å². The Kier molecular flexibility index (Phi) is 4.76. The molecule has 1 aliphatic heterocycles. The van der Waals surface area contributed by atoms with E-state index < -0.39 is 12.1 Å². The lowest BCUT2D eigenvalue weighted by Crippen LogP contribution is -2.39. The number of hydrogen-bond donors (Lipinski definition) is 1. The topological polar surface area (TPSA) is 15.3 Å². The maximum atomic E-state index is 13.4. The smallest absolute Gasteiger partial charge is 0.371 e. The number of piperidine rings is 1. The van der Waals surface area contributed by atoms with Crippen LogP contribution in [0.15, 0.2) is 18.2 Å². The van der Waals surface area contributed by atoms with Gasteiger partial charge in [-0.1, -0.05) is 0 Å². The lowest BCUT2D eigenvalue weighted by atomic mass is 9.94. The van der Waals surface area contributed by atoms with Crippen LogP contribution < -0.4 is 10.2 Å². The second-order valence-electron chi connectivity index (χ2n) is 5.52. The molecule has 1 N–H and O–H groups in total. The Labute approximate surface area is 122 Å². The molecule has 1 aromatic rings. The van der Waals surface area contributed by atoms with Crippen LogP contribution in [0.5, 0.6) is 0 Å². The van der Waals surface area contributed by atoms with E-state index in [-0.39, 0.29) is 24.7 Å². The van der Waals surface area contributed by atoms with Crippen molar-refractivity contribution in [1.82, 2.24) is 5.32 Å². The average molecular weight is 304 g/mol. The first-order valence-corrected chi connectivity index (χ1v) is 7.11. The number of nitrogens with zero attached hydrogens (tertiary/aromatic N) is 1. The van der Waals surface area contributed by atoms with Crippen molar-refractivity contribution in [2.45, 2.75) is 32.0 Å². The molecule has 0 aliphatic carbocycles. The van der Waals surface area contributed by atoms with Crippen molar-refractivity contribution in [2.24, 2.45) is 5.92 Å². The molecule has 118 valence electrons. The van der Waals surface area contributed by atoms with E-state index in [1.54, 1.807) is 13.1 Å².